The number of benzene rings is 1. The van der Waals surface area contributed by atoms with E-state index in [1.165, 1.54) is 0 Å². The number of nitrogen functional groups attached to an aromatic ring is 1. The van der Waals surface area contributed by atoms with Crippen LogP contribution in [0.1, 0.15) is 0 Å². The van der Waals surface area contributed by atoms with Crippen LogP contribution in [0.3, 0.4) is 0 Å². The van der Waals surface area contributed by atoms with E-state index in [2.05, 4.69) is 9.97 Å². The minimum absolute atomic E-state index is 0.462. The summed E-state index contributed by atoms with van der Waals surface area (Å²) in [5.41, 5.74) is 8.43. The Morgan fingerprint density at radius 1 is 1.05 bits per heavy atom. The molecular weight excluding hydrogens is 295 g/mol. The zero-order chi connectivity index (χ0) is 14.1. The van der Waals surface area contributed by atoms with Gasteiger partial charge in [-0.15, -0.1) is 0 Å². The summed E-state index contributed by atoms with van der Waals surface area (Å²) in [6.45, 7) is 0. The Labute approximate surface area is 125 Å². The van der Waals surface area contributed by atoms with Gasteiger partial charge in [-0.1, -0.05) is 23.2 Å². The maximum absolute atomic E-state index is 6.06. The van der Waals surface area contributed by atoms with Crippen LogP contribution in [-0.2, 0) is 0 Å². The SMILES string of the molecule is Nc1cc(-c2cncn2-c2ccc(Cl)c(Cl)c2)ccn1. The number of nitrogens with zero attached hydrogens (tertiary/aromatic N) is 3. The summed E-state index contributed by atoms with van der Waals surface area (Å²) in [5, 5.41) is 1.02. The molecule has 0 aliphatic rings. The lowest BCUT2D eigenvalue weighted by molar-refractivity contribution is 1.06. The lowest BCUT2D eigenvalue weighted by atomic mass is 10.2. The van der Waals surface area contributed by atoms with Crippen molar-refractivity contribution in [3.8, 4) is 16.9 Å². The fraction of sp³-hybridized carbons (Fsp3) is 0. The summed E-state index contributed by atoms with van der Waals surface area (Å²) in [6.07, 6.45) is 5.14. The smallest absolute Gasteiger partial charge is 0.123 e. The standard InChI is InChI=1S/C14H10Cl2N4/c15-11-2-1-10(6-12(11)16)20-8-18-7-13(20)9-3-4-19-14(17)5-9/h1-8H,(H2,17,19). The minimum Gasteiger partial charge on any atom is -0.384 e. The Kier molecular flexibility index (Phi) is 3.34. The lowest BCUT2D eigenvalue weighted by Crippen LogP contribution is -1.96. The first-order valence-electron chi connectivity index (χ1n) is 5.85. The highest BCUT2D eigenvalue weighted by Gasteiger charge is 2.09. The molecule has 6 heteroatoms. The van der Waals surface area contributed by atoms with E-state index in [4.69, 9.17) is 28.9 Å². The van der Waals surface area contributed by atoms with E-state index in [0.717, 1.165) is 16.9 Å². The van der Waals surface area contributed by atoms with Gasteiger partial charge in [0.25, 0.3) is 0 Å². The van der Waals surface area contributed by atoms with Crippen LogP contribution in [0, 0.1) is 0 Å². The average Bonchev–Trinajstić information content (AvgIpc) is 2.91. The van der Waals surface area contributed by atoms with Crippen molar-refractivity contribution in [2.45, 2.75) is 0 Å². The van der Waals surface area contributed by atoms with Crippen molar-refractivity contribution >= 4 is 29.0 Å². The Morgan fingerprint density at radius 3 is 2.65 bits per heavy atom. The number of nitrogens with two attached hydrogens (primary N) is 1. The second-order valence-electron chi connectivity index (χ2n) is 4.22. The zero-order valence-corrected chi connectivity index (χ0v) is 11.8. The molecular formula is C14H10Cl2N4. The molecule has 0 spiro atoms. The first kappa shape index (κ1) is 13.0. The molecule has 0 radical (unpaired) electrons. The minimum atomic E-state index is 0.462. The van der Waals surface area contributed by atoms with Gasteiger partial charge in [0, 0.05) is 17.4 Å². The van der Waals surface area contributed by atoms with Gasteiger partial charge < -0.3 is 5.73 Å². The molecule has 100 valence electrons. The van der Waals surface area contributed by atoms with E-state index >= 15 is 0 Å². The number of anilines is 1. The Balaban J connectivity index is 2.12. The highest BCUT2D eigenvalue weighted by Crippen LogP contribution is 2.28. The van der Waals surface area contributed by atoms with Crippen molar-refractivity contribution in [2.24, 2.45) is 0 Å². The summed E-state index contributed by atoms with van der Waals surface area (Å²) in [7, 11) is 0. The van der Waals surface area contributed by atoms with Crippen LogP contribution in [0.4, 0.5) is 5.82 Å². The molecule has 0 saturated heterocycles. The Hall–Kier alpha value is -2.04. The van der Waals surface area contributed by atoms with Gasteiger partial charge in [-0.05, 0) is 30.3 Å². The molecule has 1 aromatic carbocycles. The second-order valence-corrected chi connectivity index (χ2v) is 5.03. The van der Waals surface area contributed by atoms with Crippen LogP contribution in [0.5, 0.6) is 0 Å². The maximum Gasteiger partial charge on any atom is 0.123 e. The average molecular weight is 305 g/mol. The molecule has 0 fully saturated rings. The van der Waals surface area contributed by atoms with E-state index in [9.17, 15) is 0 Å². The number of aromatic nitrogens is 3. The largest absolute Gasteiger partial charge is 0.384 e. The third-order valence-corrected chi connectivity index (χ3v) is 3.64. The maximum atomic E-state index is 6.06. The summed E-state index contributed by atoms with van der Waals surface area (Å²) in [4.78, 5) is 8.17. The third-order valence-electron chi connectivity index (χ3n) is 2.90. The topological polar surface area (TPSA) is 56.7 Å². The van der Waals surface area contributed by atoms with Gasteiger partial charge in [-0.2, -0.15) is 0 Å². The van der Waals surface area contributed by atoms with Crippen molar-refractivity contribution < 1.29 is 0 Å². The fourth-order valence-corrected chi connectivity index (χ4v) is 2.25. The van der Waals surface area contributed by atoms with Crippen LogP contribution in [0.2, 0.25) is 10.0 Å². The number of hydrogen-bond acceptors (Lipinski definition) is 3. The quantitative estimate of drug-likeness (QED) is 0.783. The van der Waals surface area contributed by atoms with Crippen LogP contribution >= 0.6 is 23.2 Å². The van der Waals surface area contributed by atoms with Crippen molar-refractivity contribution in [3.05, 3.63) is 59.1 Å². The van der Waals surface area contributed by atoms with Gasteiger partial charge in [-0.3, -0.25) is 4.57 Å². The Bertz CT molecular complexity index is 767. The van der Waals surface area contributed by atoms with Gasteiger partial charge in [-0.25, -0.2) is 9.97 Å². The molecule has 0 unspecified atom stereocenters. The molecule has 2 N–H and O–H groups in total. The number of rotatable bonds is 2. The summed E-state index contributed by atoms with van der Waals surface area (Å²) in [5.74, 6) is 0.462. The number of imidazole rings is 1. The molecule has 0 atom stereocenters. The lowest BCUT2D eigenvalue weighted by Gasteiger charge is -2.09. The molecule has 0 aliphatic carbocycles. The molecule has 20 heavy (non-hydrogen) atoms. The molecule has 2 aromatic heterocycles. The van der Waals surface area contributed by atoms with Gasteiger partial charge >= 0.3 is 0 Å². The molecule has 3 aromatic rings. The zero-order valence-electron chi connectivity index (χ0n) is 10.3. The van der Waals surface area contributed by atoms with E-state index in [0.29, 0.717) is 15.9 Å². The molecule has 0 amide bonds. The van der Waals surface area contributed by atoms with Crippen molar-refractivity contribution in [2.75, 3.05) is 5.73 Å². The monoisotopic (exact) mass is 304 g/mol. The van der Waals surface area contributed by atoms with Crippen LogP contribution in [0.25, 0.3) is 16.9 Å². The first-order chi connectivity index (χ1) is 9.65. The normalized spacial score (nSPS) is 10.7. The van der Waals surface area contributed by atoms with E-state index in [1.54, 1.807) is 36.9 Å². The summed E-state index contributed by atoms with van der Waals surface area (Å²) >= 11 is 12.0. The number of halogens is 2. The molecule has 2 heterocycles. The molecule has 0 aliphatic heterocycles. The summed E-state index contributed by atoms with van der Waals surface area (Å²) in [6, 6.07) is 9.10. The van der Waals surface area contributed by atoms with E-state index in [1.807, 2.05) is 16.7 Å². The van der Waals surface area contributed by atoms with E-state index in [-0.39, 0.29) is 0 Å². The second kappa shape index (κ2) is 5.15. The van der Waals surface area contributed by atoms with Crippen molar-refractivity contribution in [3.63, 3.8) is 0 Å². The van der Waals surface area contributed by atoms with Crippen molar-refractivity contribution in [1.29, 1.82) is 0 Å². The Morgan fingerprint density at radius 2 is 1.90 bits per heavy atom. The molecule has 0 bridgehead atoms. The predicted molar refractivity (Wildman–Crippen MR) is 81.2 cm³/mol. The fourth-order valence-electron chi connectivity index (χ4n) is 1.96. The highest BCUT2D eigenvalue weighted by molar-refractivity contribution is 6.42. The van der Waals surface area contributed by atoms with Gasteiger partial charge in [0.15, 0.2) is 0 Å². The number of hydrogen-bond donors (Lipinski definition) is 1. The first-order valence-corrected chi connectivity index (χ1v) is 6.60. The molecule has 3 rings (SSSR count). The van der Waals surface area contributed by atoms with Crippen LogP contribution in [-0.4, -0.2) is 14.5 Å². The van der Waals surface area contributed by atoms with Gasteiger partial charge in [0.1, 0.15) is 5.82 Å². The van der Waals surface area contributed by atoms with E-state index < -0.39 is 0 Å². The molecule has 0 saturated carbocycles. The highest BCUT2D eigenvalue weighted by atomic mass is 35.5. The predicted octanol–water partition coefficient (Wildman–Crippen LogP) is 3.82. The van der Waals surface area contributed by atoms with Crippen LogP contribution < -0.4 is 5.73 Å². The molecule has 4 nitrogen and oxygen atoms in total. The van der Waals surface area contributed by atoms with Gasteiger partial charge in [0.05, 0.1) is 28.3 Å². The van der Waals surface area contributed by atoms with Gasteiger partial charge in [0.2, 0.25) is 0 Å². The third kappa shape index (κ3) is 2.35. The summed E-state index contributed by atoms with van der Waals surface area (Å²) < 4.78 is 1.91. The van der Waals surface area contributed by atoms with Crippen molar-refractivity contribution in [1.82, 2.24) is 14.5 Å². The number of pyridine rings is 1. The van der Waals surface area contributed by atoms with Crippen LogP contribution in [0.15, 0.2) is 49.1 Å².